The third-order valence-electron chi connectivity index (χ3n) is 6.67. The molecule has 13 heteroatoms. The first-order valence-corrected chi connectivity index (χ1v) is 15.7. The standard InChI is InChI=1S/C31H32ClN5O6S/c1-3-8-24-17-28(31(41)34-23(16-30(39)40)15-22-9-4-6-11-26(22)32)35-37(24)19-21-13-14-27(33-18-21)25-10-5-7-12-29(25)44(42,43)36-20(2)38/h4-7,9-14,17-18,23H,3,8,15-16,19H2,1-2H3,(H,34,41)(H,36,38)(H,39,40)/t23-/m1/s1. The number of sulfonamides is 1. The van der Waals surface area contributed by atoms with Crippen LogP contribution in [0.4, 0.5) is 0 Å². The number of nitrogens with zero attached hydrogens (tertiary/aromatic N) is 3. The van der Waals surface area contributed by atoms with Crippen LogP contribution >= 0.6 is 11.6 Å². The molecule has 4 rings (SSSR count). The van der Waals surface area contributed by atoms with E-state index in [1.165, 1.54) is 6.07 Å². The molecule has 0 fully saturated rings. The number of aryl methyl sites for hydroxylation is 1. The van der Waals surface area contributed by atoms with Gasteiger partial charge in [-0.1, -0.05) is 67.4 Å². The molecule has 2 heterocycles. The lowest BCUT2D eigenvalue weighted by Gasteiger charge is -2.17. The second-order valence-corrected chi connectivity index (χ2v) is 12.3. The molecule has 3 N–H and O–H groups in total. The lowest BCUT2D eigenvalue weighted by atomic mass is 10.0. The van der Waals surface area contributed by atoms with Crippen LogP contribution in [0.2, 0.25) is 5.02 Å². The first-order valence-electron chi connectivity index (χ1n) is 13.9. The summed E-state index contributed by atoms with van der Waals surface area (Å²) >= 11 is 6.26. The molecule has 0 aliphatic rings. The summed E-state index contributed by atoms with van der Waals surface area (Å²) < 4.78 is 29.1. The molecule has 0 aliphatic heterocycles. The van der Waals surface area contributed by atoms with Crippen molar-refractivity contribution in [1.82, 2.24) is 24.8 Å². The zero-order valence-corrected chi connectivity index (χ0v) is 25.7. The highest BCUT2D eigenvalue weighted by atomic mass is 35.5. The number of hydrogen-bond acceptors (Lipinski definition) is 7. The fourth-order valence-corrected chi connectivity index (χ4v) is 6.16. The Morgan fingerprint density at radius 2 is 1.77 bits per heavy atom. The summed E-state index contributed by atoms with van der Waals surface area (Å²) in [5.41, 5.74) is 3.19. The monoisotopic (exact) mass is 637 g/mol. The number of carboxylic acid groups (broad SMARTS) is 1. The summed E-state index contributed by atoms with van der Waals surface area (Å²) in [4.78, 5) is 40.6. The average molecular weight is 638 g/mol. The topological polar surface area (TPSA) is 160 Å². The van der Waals surface area contributed by atoms with Gasteiger partial charge in [-0.05, 0) is 48.2 Å². The Balaban J connectivity index is 1.54. The van der Waals surface area contributed by atoms with E-state index in [1.807, 2.05) is 11.6 Å². The highest BCUT2D eigenvalue weighted by molar-refractivity contribution is 7.90. The predicted octanol–water partition coefficient (Wildman–Crippen LogP) is 4.24. The number of carbonyl (C=O) groups is 3. The van der Waals surface area contributed by atoms with E-state index in [2.05, 4.69) is 15.4 Å². The van der Waals surface area contributed by atoms with Gasteiger partial charge in [-0.25, -0.2) is 13.1 Å². The summed E-state index contributed by atoms with van der Waals surface area (Å²) in [5, 5.41) is 17.2. The van der Waals surface area contributed by atoms with Crippen LogP contribution in [-0.2, 0) is 39.0 Å². The molecule has 0 bridgehead atoms. The molecule has 0 unspecified atom stereocenters. The summed E-state index contributed by atoms with van der Waals surface area (Å²) in [7, 11) is -4.08. The first-order chi connectivity index (χ1) is 21.0. The number of nitrogens with one attached hydrogen (secondary N) is 2. The molecular formula is C31H32ClN5O6S. The van der Waals surface area contributed by atoms with E-state index in [1.54, 1.807) is 71.5 Å². The van der Waals surface area contributed by atoms with Gasteiger partial charge in [0, 0.05) is 35.4 Å². The van der Waals surface area contributed by atoms with Crippen molar-refractivity contribution in [3.05, 3.63) is 100 Å². The zero-order valence-electron chi connectivity index (χ0n) is 24.2. The van der Waals surface area contributed by atoms with Gasteiger partial charge < -0.3 is 10.4 Å². The van der Waals surface area contributed by atoms with Gasteiger partial charge >= 0.3 is 5.97 Å². The van der Waals surface area contributed by atoms with Crippen LogP contribution in [0, 0.1) is 0 Å². The Morgan fingerprint density at radius 1 is 1.05 bits per heavy atom. The van der Waals surface area contributed by atoms with Crippen molar-refractivity contribution < 1.29 is 27.9 Å². The molecule has 0 spiro atoms. The van der Waals surface area contributed by atoms with Crippen LogP contribution in [0.3, 0.4) is 0 Å². The van der Waals surface area contributed by atoms with Gasteiger partial charge in [0.2, 0.25) is 5.91 Å². The largest absolute Gasteiger partial charge is 0.481 e. The molecule has 2 amide bonds. The van der Waals surface area contributed by atoms with E-state index < -0.39 is 33.8 Å². The van der Waals surface area contributed by atoms with Crippen molar-refractivity contribution in [3.63, 3.8) is 0 Å². The highest BCUT2D eigenvalue weighted by Gasteiger charge is 2.23. The van der Waals surface area contributed by atoms with Gasteiger partial charge in [-0.3, -0.25) is 24.0 Å². The SMILES string of the molecule is CCCc1cc(C(=O)N[C@@H](CC(=O)O)Cc2ccccc2Cl)nn1Cc1ccc(-c2ccccc2S(=O)(=O)NC(C)=O)nc1. The van der Waals surface area contributed by atoms with Crippen molar-refractivity contribution >= 4 is 39.4 Å². The third kappa shape index (κ3) is 8.29. The number of aliphatic carboxylic acids is 1. The minimum absolute atomic E-state index is 0.0702. The molecule has 230 valence electrons. The average Bonchev–Trinajstić information content (AvgIpc) is 3.36. The number of pyridine rings is 1. The number of rotatable bonds is 13. The number of carboxylic acids is 1. The maximum Gasteiger partial charge on any atom is 0.305 e. The van der Waals surface area contributed by atoms with Crippen molar-refractivity contribution in [2.75, 3.05) is 0 Å². The molecule has 0 aliphatic carbocycles. The van der Waals surface area contributed by atoms with E-state index >= 15 is 0 Å². The predicted molar refractivity (Wildman–Crippen MR) is 165 cm³/mol. The van der Waals surface area contributed by atoms with Crippen molar-refractivity contribution in [2.45, 2.75) is 57.0 Å². The fraction of sp³-hybridized carbons (Fsp3) is 0.258. The van der Waals surface area contributed by atoms with Gasteiger partial charge in [-0.15, -0.1) is 0 Å². The normalized spacial score (nSPS) is 12.0. The van der Waals surface area contributed by atoms with E-state index in [-0.39, 0.29) is 23.4 Å². The van der Waals surface area contributed by atoms with Gasteiger partial charge in [0.25, 0.3) is 15.9 Å². The van der Waals surface area contributed by atoms with Crippen LogP contribution in [0.15, 0.2) is 77.8 Å². The lowest BCUT2D eigenvalue weighted by molar-refractivity contribution is -0.137. The number of amides is 2. The Kier molecular flexibility index (Phi) is 10.5. The summed E-state index contributed by atoms with van der Waals surface area (Å²) in [6, 6.07) is 17.8. The number of aromatic nitrogens is 3. The highest BCUT2D eigenvalue weighted by Crippen LogP contribution is 2.26. The quantitative estimate of drug-likeness (QED) is 0.196. The molecule has 2 aromatic carbocycles. The molecule has 1 atom stereocenters. The zero-order chi connectivity index (χ0) is 31.9. The van der Waals surface area contributed by atoms with Gasteiger partial charge in [0.15, 0.2) is 0 Å². The van der Waals surface area contributed by atoms with Gasteiger partial charge in [-0.2, -0.15) is 5.10 Å². The van der Waals surface area contributed by atoms with Crippen molar-refractivity contribution in [3.8, 4) is 11.3 Å². The number of halogens is 1. The van der Waals surface area contributed by atoms with E-state index in [9.17, 15) is 27.9 Å². The minimum Gasteiger partial charge on any atom is -0.481 e. The number of benzene rings is 2. The Morgan fingerprint density at radius 3 is 2.43 bits per heavy atom. The van der Waals surface area contributed by atoms with Crippen molar-refractivity contribution in [2.24, 2.45) is 0 Å². The van der Waals surface area contributed by atoms with Crippen LogP contribution in [0.5, 0.6) is 0 Å². The molecular weight excluding hydrogens is 606 g/mol. The number of carbonyl (C=O) groups excluding carboxylic acids is 2. The fourth-order valence-electron chi connectivity index (χ4n) is 4.74. The number of hydrogen-bond donors (Lipinski definition) is 3. The molecule has 4 aromatic rings. The molecule has 0 saturated carbocycles. The van der Waals surface area contributed by atoms with Crippen LogP contribution in [0.1, 0.15) is 54.0 Å². The van der Waals surface area contributed by atoms with Crippen LogP contribution in [0.25, 0.3) is 11.3 Å². The third-order valence-corrected chi connectivity index (χ3v) is 8.53. The Hall–Kier alpha value is -4.55. The molecule has 44 heavy (non-hydrogen) atoms. The van der Waals surface area contributed by atoms with Crippen LogP contribution in [-0.4, -0.2) is 52.1 Å². The lowest BCUT2D eigenvalue weighted by Crippen LogP contribution is -2.38. The second kappa shape index (κ2) is 14.3. The van der Waals surface area contributed by atoms with Crippen molar-refractivity contribution in [1.29, 1.82) is 0 Å². The Bertz CT molecular complexity index is 1770. The van der Waals surface area contributed by atoms with Gasteiger partial charge in [0.1, 0.15) is 5.69 Å². The van der Waals surface area contributed by atoms with E-state index in [0.717, 1.165) is 30.2 Å². The maximum atomic E-state index is 13.2. The first kappa shape index (κ1) is 32.4. The second-order valence-electron chi connectivity index (χ2n) is 10.2. The van der Waals surface area contributed by atoms with E-state index in [4.69, 9.17) is 11.6 Å². The molecule has 0 saturated heterocycles. The smallest absolute Gasteiger partial charge is 0.305 e. The molecule has 2 aromatic heterocycles. The van der Waals surface area contributed by atoms with Gasteiger partial charge in [0.05, 0.1) is 23.6 Å². The Labute approximate surface area is 260 Å². The summed E-state index contributed by atoms with van der Waals surface area (Å²) in [6.45, 7) is 3.42. The summed E-state index contributed by atoms with van der Waals surface area (Å²) in [5.74, 6) is -2.24. The molecule has 11 nitrogen and oxygen atoms in total. The maximum absolute atomic E-state index is 13.2. The molecule has 0 radical (unpaired) electrons. The minimum atomic E-state index is -4.08. The van der Waals surface area contributed by atoms with E-state index in [0.29, 0.717) is 29.2 Å². The summed E-state index contributed by atoms with van der Waals surface area (Å²) in [6.07, 6.45) is 3.01. The van der Waals surface area contributed by atoms with Crippen LogP contribution < -0.4 is 10.0 Å².